The zero-order chi connectivity index (χ0) is 21.9. The summed E-state index contributed by atoms with van der Waals surface area (Å²) in [6.07, 6.45) is 17.3. The Kier molecular flexibility index (Phi) is 16.3. The average Bonchev–Trinajstić information content (AvgIpc) is 2.77. The lowest BCUT2D eigenvalue weighted by molar-refractivity contribution is -0.121. The fraction of sp³-hybridized carbons (Fsp3) is 0.731. The molecule has 4 heteroatoms. The molecule has 0 bridgehead atoms. The number of benzene rings is 1. The molecule has 1 aromatic carbocycles. The number of nitrogens with one attached hydrogen (secondary N) is 1. The van der Waals surface area contributed by atoms with Crippen molar-refractivity contribution in [1.82, 2.24) is 5.32 Å². The zero-order valence-electron chi connectivity index (χ0n) is 19.3. The van der Waals surface area contributed by atoms with Crippen LogP contribution in [-0.2, 0) is 17.9 Å². The van der Waals surface area contributed by atoms with E-state index in [0.717, 1.165) is 24.0 Å². The lowest BCUT2D eigenvalue weighted by Crippen LogP contribution is -2.24. The summed E-state index contributed by atoms with van der Waals surface area (Å²) in [6.45, 7) is 3.29. The van der Waals surface area contributed by atoms with Crippen LogP contribution in [0.5, 0.6) is 0 Å². The van der Waals surface area contributed by atoms with Crippen LogP contribution in [0.2, 0.25) is 0 Å². The van der Waals surface area contributed by atoms with E-state index in [1.54, 1.807) is 0 Å². The van der Waals surface area contributed by atoms with E-state index in [1.807, 2.05) is 24.3 Å². The van der Waals surface area contributed by atoms with Gasteiger partial charge in [0.2, 0.25) is 5.91 Å². The number of nitrogens with two attached hydrogens (primary N) is 1. The summed E-state index contributed by atoms with van der Waals surface area (Å²) < 4.78 is 0. The third-order valence-electron chi connectivity index (χ3n) is 5.81. The maximum Gasteiger partial charge on any atom is 0.220 e. The van der Waals surface area contributed by atoms with Crippen molar-refractivity contribution in [2.24, 2.45) is 5.73 Å². The quantitative estimate of drug-likeness (QED) is 0.241. The van der Waals surface area contributed by atoms with Gasteiger partial charge in [-0.15, -0.1) is 0 Å². The summed E-state index contributed by atoms with van der Waals surface area (Å²) in [6, 6.07) is 7.95. The van der Waals surface area contributed by atoms with Crippen LogP contribution in [0.15, 0.2) is 24.3 Å². The van der Waals surface area contributed by atoms with E-state index in [1.165, 1.54) is 70.6 Å². The fourth-order valence-electron chi connectivity index (χ4n) is 3.82. The van der Waals surface area contributed by atoms with E-state index < -0.39 is 0 Å². The van der Waals surface area contributed by atoms with Crippen molar-refractivity contribution in [2.75, 3.05) is 0 Å². The van der Waals surface area contributed by atoms with Gasteiger partial charge in [-0.05, 0) is 24.0 Å². The summed E-state index contributed by atoms with van der Waals surface area (Å²) in [7, 11) is 0. The molecule has 0 heterocycles. The summed E-state index contributed by atoms with van der Waals surface area (Å²) >= 11 is 0. The Morgan fingerprint density at radius 3 is 2.07 bits per heavy atom. The number of hydrogen-bond donors (Lipinski definition) is 3. The van der Waals surface area contributed by atoms with E-state index in [-0.39, 0.29) is 12.0 Å². The monoisotopic (exact) mass is 418 g/mol. The molecule has 0 spiro atoms. The molecule has 0 aliphatic heterocycles. The van der Waals surface area contributed by atoms with E-state index >= 15 is 0 Å². The molecule has 0 radical (unpaired) electrons. The number of aliphatic hydroxyl groups excluding tert-OH is 1. The van der Waals surface area contributed by atoms with Crippen LogP contribution in [0.3, 0.4) is 0 Å². The van der Waals surface area contributed by atoms with Crippen LogP contribution < -0.4 is 11.1 Å². The standard InChI is InChI=1S/C26H46N2O2/c1-2-3-4-5-6-7-8-9-10-11-12-13-17-25(29)18-19-26(30)28-22-24-16-14-15-23(20-24)21-27/h14-16,20,25,29H,2-13,17-19,21-22,27H2,1H3,(H,28,30). The Labute approximate surface area is 185 Å². The maximum atomic E-state index is 12.0. The van der Waals surface area contributed by atoms with Gasteiger partial charge >= 0.3 is 0 Å². The molecule has 4 N–H and O–H groups in total. The van der Waals surface area contributed by atoms with Crippen LogP contribution in [0.1, 0.15) is 114 Å². The van der Waals surface area contributed by atoms with Gasteiger partial charge in [0.25, 0.3) is 0 Å². The van der Waals surface area contributed by atoms with Crippen molar-refractivity contribution in [1.29, 1.82) is 0 Å². The number of rotatable bonds is 19. The molecule has 0 fully saturated rings. The first-order valence-electron chi connectivity index (χ1n) is 12.4. The number of aliphatic hydroxyl groups is 1. The van der Waals surface area contributed by atoms with Crippen LogP contribution in [0, 0.1) is 0 Å². The Bertz CT molecular complexity index is 548. The Hall–Kier alpha value is -1.39. The van der Waals surface area contributed by atoms with Crippen molar-refractivity contribution < 1.29 is 9.90 Å². The second-order valence-electron chi connectivity index (χ2n) is 8.67. The highest BCUT2D eigenvalue weighted by Gasteiger charge is 2.08. The van der Waals surface area contributed by atoms with Gasteiger partial charge < -0.3 is 16.2 Å². The molecule has 1 unspecified atom stereocenters. The van der Waals surface area contributed by atoms with E-state index in [2.05, 4.69) is 12.2 Å². The highest BCUT2D eigenvalue weighted by molar-refractivity contribution is 5.75. The Morgan fingerprint density at radius 1 is 0.900 bits per heavy atom. The molecule has 0 saturated carbocycles. The van der Waals surface area contributed by atoms with Gasteiger partial charge in [0.15, 0.2) is 0 Å². The number of amides is 1. The Morgan fingerprint density at radius 2 is 1.47 bits per heavy atom. The van der Waals surface area contributed by atoms with Gasteiger partial charge in [-0.2, -0.15) is 0 Å². The second-order valence-corrected chi connectivity index (χ2v) is 8.67. The number of carbonyl (C=O) groups excluding carboxylic acids is 1. The van der Waals surface area contributed by atoms with E-state index in [9.17, 15) is 9.90 Å². The van der Waals surface area contributed by atoms with Gasteiger partial charge in [-0.1, -0.05) is 108 Å². The van der Waals surface area contributed by atoms with Crippen molar-refractivity contribution in [2.45, 2.75) is 122 Å². The van der Waals surface area contributed by atoms with Gasteiger partial charge in [-0.3, -0.25) is 4.79 Å². The molecule has 0 saturated heterocycles. The topological polar surface area (TPSA) is 75.3 Å². The molecule has 1 aromatic rings. The molecule has 30 heavy (non-hydrogen) atoms. The minimum Gasteiger partial charge on any atom is -0.393 e. The first kappa shape index (κ1) is 26.6. The number of unbranched alkanes of at least 4 members (excludes halogenated alkanes) is 11. The average molecular weight is 419 g/mol. The molecule has 0 aliphatic rings. The highest BCUT2D eigenvalue weighted by atomic mass is 16.3. The molecule has 1 amide bonds. The van der Waals surface area contributed by atoms with E-state index in [0.29, 0.717) is 25.9 Å². The molecule has 0 aromatic heterocycles. The van der Waals surface area contributed by atoms with Crippen molar-refractivity contribution in [3.05, 3.63) is 35.4 Å². The number of hydrogen-bond acceptors (Lipinski definition) is 3. The van der Waals surface area contributed by atoms with Crippen molar-refractivity contribution in [3.8, 4) is 0 Å². The molecule has 172 valence electrons. The summed E-state index contributed by atoms with van der Waals surface area (Å²) in [5.41, 5.74) is 7.77. The molecule has 1 atom stereocenters. The lowest BCUT2D eigenvalue weighted by atomic mass is 10.0. The smallest absolute Gasteiger partial charge is 0.220 e. The predicted molar refractivity (Wildman–Crippen MR) is 127 cm³/mol. The zero-order valence-corrected chi connectivity index (χ0v) is 19.3. The molecule has 0 aliphatic carbocycles. The molecule has 1 rings (SSSR count). The SMILES string of the molecule is CCCCCCCCCCCCCCC(O)CCC(=O)NCc1cccc(CN)c1. The van der Waals surface area contributed by atoms with Crippen molar-refractivity contribution in [3.63, 3.8) is 0 Å². The van der Waals surface area contributed by atoms with Gasteiger partial charge in [-0.25, -0.2) is 0 Å². The third-order valence-corrected chi connectivity index (χ3v) is 5.81. The first-order valence-corrected chi connectivity index (χ1v) is 12.4. The van der Waals surface area contributed by atoms with Gasteiger partial charge in [0, 0.05) is 19.5 Å². The van der Waals surface area contributed by atoms with Crippen LogP contribution in [0.4, 0.5) is 0 Å². The molecular formula is C26H46N2O2. The largest absolute Gasteiger partial charge is 0.393 e. The Balaban J connectivity index is 1.93. The minimum atomic E-state index is -0.362. The summed E-state index contributed by atoms with van der Waals surface area (Å²) in [4.78, 5) is 12.0. The maximum absolute atomic E-state index is 12.0. The van der Waals surface area contributed by atoms with Crippen LogP contribution >= 0.6 is 0 Å². The number of carbonyl (C=O) groups is 1. The minimum absolute atomic E-state index is 0.00176. The second kappa shape index (κ2) is 18.4. The van der Waals surface area contributed by atoms with Gasteiger partial charge in [0.1, 0.15) is 0 Å². The molecule has 4 nitrogen and oxygen atoms in total. The van der Waals surface area contributed by atoms with Gasteiger partial charge in [0.05, 0.1) is 6.10 Å². The highest BCUT2D eigenvalue weighted by Crippen LogP contribution is 2.14. The first-order chi connectivity index (χ1) is 14.7. The van der Waals surface area contributed by atoms with Crippen molar-refractivity contribution >= 4 is 5.91 Å². The summed E-state index contributed by atoms with van der Waals surface area (Å²) in [5.74, 6) is 0.00176. The summed E-state index contributed by atoms with van der Waals surface area (Å²) in [5, 5.41) is 13.0. The van der Waals surface area contributed by atoms with Crippen LogP contribution in [-0.4, -0.2) is 17.1 Å². The third kappa shape index (κ3) is 14.6. The predicted octanol–water partition coefficient (Wildman–Crippen LogP) is 5.99. The van der Waals surface area contributed by atoms with E-state index in [4.69, 9.17) is 5.73 Å². The lowest BCUT2D eigenvalue weighted by Gasteiger charge is -2.11. The fourth-order valence-corrected chi connectivity index (χ4v) is 3.82. The normalized spacial score (nSPS) is 12.1. The molecular weight excluding hydrogens is 372 g/mol. The van der Waals surface area contributed by atoms with Crippen LogP contribution in [0.25, 0.3) is 0 Å².